The van der Waals surface area contributed by atoms with Gasteiger partial charge in [-0.2, -0.15) is 0 Å². The van der Waals surface area contributed by atoms with Crippen molar-refractivity contribution in [3.05, 3.63) is 35.9 Å². The molecule has 2 unspecified atom stereocenters. The molecule has 108 valence electrons. The van der Waals surface area contributed by atoms with E-state index in [2.05, 4.69) is 10.6 Å². The number of primary amides is 1. The molecule has 1 aliphatic heterocycles. The summed E-state index contributed by atoms with van der Waals surface area (Å²) in [6.45, 7) is 5.21. The minimum Gasteiger partial charge on any atom is -0.367 e. The Bertz CT molecular complexity index is 499. The van der Waals surface area contributed by atoms with Gasteiger partial charge in [-0.1, -0.05) is 37.3 Å². The summed E-state index contributed by atoms with van der Waals surface area (Å²) < 4.78 is 0. The molecule has 20 heavy (non-hydrogen) atoms. The highest BCUT2D eigenvalue weighted by Crippen LogP contribution is 2.23. The van der Waals surface area contributed by atoms with Crippen molar-refractivity contribution in [2.24, 2.45) is 17.6 Å². The minimum atomic E-state index is -1.18. The molecular weight excluding hydrogens is 254 g/mol. The number of hydrogen-bond acceptors (Lipinski definition) is 3. The van der Waals surface area contributed by atoms with Crippen molar-refractivity contribution in [2.75, 3.05) is 13.1 Å². The molecule has 0 aliphatic carbocycles. The van der Waals surface area contributed by atoms with E-state index >= 15 is 0 Å². The van der Waals surface area contributed by atoms with Crippen LogP contribution in [0, 0.1) is 11.8 Å². The SMILES string of the molecule is CC(C(=O)NC(C)(C(N)=O)c1ccccc1)C1CNC1. The summed E-state index contributed by atoms with van der Waals surface area (Å²) in [5.41, 5.74) is 5.03. The summed E-state index contributed by atoms with van der Waals surface area (Å²) >= 11 is 0. The average Bonchev–Trinajstić information content (AvgIpc) is 2.37. The van der Waals surface area contributed by atoms with E-state index in [0.29, 0.717) is 11.5 Å². The molecule has 1 aromatic carbocycles. The second kappa shape index (κ2) is 5.63. The summed E-state index contributed by atoms with van der Waals surface area (Å²) in [5, 5.41) is 5.96. The maximum Gasteiger partial charge on any atom is 0.247 e. The molecule has 1 heterocycles. The number of carbonyl (C=O) groups excluding carboxylic acids is 2. The van der Waals surface area contributed by atoms with Gasteiger partial charge in [0.25, 0.3) is 0 Å². The molecule has 2 rings (SSSR count). The molecule has 5 heteroatoms. The van der Waals surface area contributed by atoms with E-state index in [1.165, 1.54) is 0 Å². The van der Waals surface area contributed by atoms with Crippen LogP contribution in [0.1, 0.15) is 19.4 Å². The van der Waals surface area contributed by atoms with Crippen molar-refractivity contribution in [1.82, 2.24) is 10.6 Å². The fourth-order valence-electron chi connectivity index (χ4n) is 2.29. The zero-order chi connectivity index (χ0) is 14.8. The maximum absolute atomic E-state index is 12.3. The molecule has 0 saturated carbocycles. The highest BCUT2D eigenvalue weighted by molar-refractivity contribution is 5.91. The fraction of sp³-hybridized carbons (Fsp3) is 0.467. The van der Waals surface area contributed by atoms with Gasteiger partial charge in [-0.3, -0.25) is 9.59 Å². The number of benzene rings is 1. The molecule has 1 aromatic rings. The summed E-state index contributed by atoms with van der Waals surface area (Å²) in [6, 6.07) is 9.08. The van der Waals surface area contributed by atoms with Gasteiger partial charge in [0.1, 0.15) is 5.54 Å². The van der Waals surface area contributed by atoms with Crippen LogP contribution >= 0.6 is 0 Å². The first-order chi connectivity index (χ1) is 9.45. The first kappa shape index (κ1) is 14.5. The molecule has 2 amide bonds. The number of nitrogens with two attached hydrogens (primary N) is 1. The van der Waals surface area contributed by atoms with Gasteiger partial charge in [0.15, 0.2) is 0 Å². The van der Waals surface area contributed by atoms with E-state index in [4.69, 9.17) is 5.73 Å². The predicted molar refractivity (Wildman–Crippen MR) is 76.7 cm³/mol. The molecule has 1 saturated heterocycles. The van der Waals surface area contributed by atoms with Crippen LogP contribution in [-0.4, -0.2) is 24.9 Å². The number of rotatable bonds is 5. The standard InChI is InChI=1S/C15H21N3O2/c1-10(11-8-17-9-11)13(19)18-15(2,14(16)20)12-6-4-3-5-7-12/h3-7,10-11,17H,8-9H2,1-2H3,(H2,16,20)(H,18,19). The Morgan fingerprint density at radius 2 is 1.95 bits per heavy atom. The lowest BCUT2D eigenvalue weighted by Gasteiger charge is -2.35. The third-order valence-corrected chi connectivity index (χ3v) is 4.15. The van der Waals surface area contributed by atoms with Gasteiger partial charge in [0.05, 0.1) is 0 Å². The lowest BCUT2D eigenvalue weighted by atomic mass is 9.85. The van der Waals surface area contributed by atoms with Crippen LogP contribution in [0.15, 0.2) is 30.3 Å². The molecule has 0 radical (unpaired) electrons. The number of amides is 2. The molecular formula is C15H21N3O2. The summed E-state index contributed by atoms with van der Waals surface area (Å²) in [5.74, 6) is -0.515. The lowest BCUT2D eigenvalue weighted by molar-refractivity contribution is -0.134. The quantitative estimate of drug-likeness (QED) is 0.725. The molecule has 1 aliphatic rings. The second-order valence-corrected chi connectivity index (χ2v) is 5.55. The summed E-state index contributed by atoms with van der Waals surface area (Å²) in [4.78, 5) is 24.2. The highest BCUT2D eigenvalue weighted by Gasteiger charge is 2.38. The normalized spacial score (nSPS) is 19.5. The van der Waals surface area contributed by atoms with Crippen LogP contribution in [0.2, 0.25) is 0 Å². The van der Waals surface area contributed by atoms with E-state index < -0.39 is 11.4 Å². The zero-order valence-electron chi connectivity index (χ0n) is 11.8. The largest absolute Gasteiger partial charge is 0.367 e. The molecule has 0 aromatic heterocycles. The van der Waals surface area contributed by atoms with Gasteiger partial charge < -0.3 is 16.4 Å². The number of hydrogen-bond donors (Lipinski definition) is 3. The smallest absolute Gasteiger partial charge is 0.247 e. The van der Waals surface area contributed by atoms with Crippen LogP contribution < -0.4 is 16.4 Å². The number of nitrogens with one attached hydrogen (secondary N) is 2. The Labute approximate surface area is 118 Å². The molecule has 1 fully saturated rings. The topological polar surface area (TPSA) is 84.2 Å². The first-order valence-electron chi connectivity index (χ1n) is 6.83. The van der Waals surface area contributed by atoms with Crippen molar-refractivity contribution in [1.29, 1.82) is 0 Å². The van der Waals surface area contributed by atoms with Gasteiger partial charge in [-0.15, -0.1) is 0 Å². The first-order valence-corrected chi connectivity index (χ1v) is 6.83. The maximum atomic E-state index is 12.3. The fourth-order valence-corrected chi connectivity index (χ4v) is 2.29. The van der Waals surface area contributed by atoms with Crippen LogP contribution in [0.25, 0.3) is 0 Å². The van der Waals surface area contributed by atoms with Gasteiger partial charge in [-0.05, 0) is 31.5 Å². The zero-order valence-corrected chi connectivity index (χ0v) is 11.8. The van der Waals surface area contributed by atoms with Gasteiger partial charge in [0.2, 0.25) is 11.8 Å². The van der Waals surface area contributed by atoms with Crippen LogP contribution in [0.4, 0.5) is 0 Å². The number of carbonyl (C=O) groups is 2. The Kier molecular flexibility index (Phi) is 4.09. The molecule has 4 N–H and O–H groups in total. The lowest BCUT2D eigenvalue weighted by Crippen LogP contribution is -2.57. The van der Waals surface area contributed by atoms with Crippen LogP contribution in [0.3, 0.4) is 0 Å². The van der Waals surface area contributed by atoms with Gasteiger partial charge >= 0.3 is 0 Å². The molecule has 5 nitrogen and oxygen atoms in total. The molecule has 0 bridgehead atoms. The highest BCUT2D eigenvalue weighted by atomic mass is 16.2. The van der Waals surface area contributed by atoms with Crippen LogP contribution in [-0.2, 0) is 15.1 Å². The Morgan fingerprint density at radius 3 is 2.40 bits per heavy atom. The minimum absolute atomic E-state index is 0.137. The van der Waals surface area contributed by atoms with Crippen molar-refractivity contribution in [3.8, 4) is 0 Å². The second-order valence-electron chi connectivity index (χ2n) is 5.55. The van der Waals surface area contributed by atoms with Crippen molar-refractivity contribution in [3.63, 3.8) is 0 Å². The van der Waals surface area contributed by atoms with E-state index in [1.807, 2.05) is 25.1 Å². The van der Waals surface area contributed by atoms with Crippen molar-refractivity contribution in [2.45, 2.75) is 19.4 Å². The van der Waals surface area contributed by atoms with Gasteiger partial charge in [0, 0.05) is 5.92 Å². The Morgan fingerprint density at radius 1 is 1.35 bits per heavy atom. The summed E-state index contributed by atoms with van der Waals surface area (Å²) in [6.07, 6.45) is 0. The monoisotopic (exact) mass is 275 g/mol. The van der Waals surface area contributed by atoms with Crippen molar-refractivity contribution >= 4 is 11.8 Å². The van der Waals surface area contributed by atoms with E-state index in [-0.39, 0.29) is 11.8 Å². The van der Waals surface area contributed by atoms with Gasteiger partial charge in [-0.25, -0.2) is 0 Å². The molecule has 2 atom stereocenters. The predicted octanol–water partition coefficient (Wildman–Crippen LogP) is 0.359. The Hall–Kier alpha value is -1.88. The molecule has 0 spiro atoms. The third-order valence-electron chi connectivity index (χ3n) is 4.15. The average molecular weight is 275 g/mol. The van der Waals surface area contributed by atoms with E-state index in [9.17, 15) is 9.59 Å². The summed E-state index contributed by atoms with van der Waals surface area (Å²) in [7, 11) is 0. The van der Waals surface area contributed by atoms with E-state index in [1.54, 1.807) is 19.1 Å². The van der Waals surface area contributed by atoms with E-state index in [0.717, 1.165) is 13.1 Å². The Balaban J connectivity index is 2.17. The third kappa shape index (κ3) is 2.67. The van der Waals surface area contributed by atoms with Crippen LogP contribution in [0.5, 0.6) is 0 Å². The van der Waals surface area contributed by atoms with Crippen molar-refractivity contribution < 1.29 is 9.59 Å².